The molecule has 0 aliphatic rings. The van der Waals surface area contributed by atoms with Crippen LogP contribution in [-0.4, -0.2) is 9.55 Å². The molecule has 0 saturated heterocycles. The first-order valence-electron chi connectivity index (χ1n) is 4.44. The normalized spacial score (nSPS) is 10.5. The Hall–Kier alpha value is -1.64. The topological polar surface area (TPSA) is 17.8 Å². The Morgan fingerprint density at radius 2 is 2.07 bits per heavy atom. The van der Waals surface area contributed by atoms with E-state index in [-0.39, 0.29) is 5.82 Å². The summed E-state index contributed by atoms with van der Waals surface area (Å²) in [6.07, 6.45) is 3.63. The quantitative estimate of drug-likeness (QED) is 0.676. The van der Waals surface area contributed by atoms with E-state index in [0.29, 0.717) is 5.56 Å². The van der Waals surface area contributed by atoms with Crippen LogP contribution in [0, 0.1) is 19.7 Å². The number of aromatic nitrogens is 2. The molecule has 1 aromatic carbocycles. The van der Waals surface area contributed by atoms with Crippen molar-refractivity contribution in [1.82, 2.24) is 9.55 Å². The maximum Gasteiger partial charge on any atom is 0.126 e. The molecule has 2 rings (SSSR count). The minimum atomic E-state index is -0.175. The molecule has 0 N–H and O–H groups in total. The van der Waals surface area contributed by atoms with Crippen LogP contribution in [0.4, 0.5) is 4.39 Å². The second-order valence-electron chi connectivity index (χ2n) is 3.36. The zero-order valence-electron chi connectivity index (χ0n) is 8.16. The smallest absolute Gasteiger partial charge is 0.126 e. The van der Waals surface area contributed by atoms with Gasteiger partial charge in [0.25, 0.3) is 0 Å². The number of hydrogen-bond donors (Lipinski definition) is 0. The number of imidazole rings is 1. The first-order valence-corrected chi connectivity index (χ1v) is 4.44. The van der Waals surface area contributed by atoms with Crippen LogP contribution in [0.25, 0.3) is 5.69 Å². The van der Waals surface area contributed by atoms with Crippen LogP contribution in [0.1, 0.15) is 11.3 Å². The second-order valence-corrected chi connectivity index (χ2v) is 3.36. The van der Waals surface area contributed by atoms with Crippen molar-refractivity contribution in [1.29, 1.82) is 0 Å². The summed E-state index contributed by atoms with van der Waals surface area (Å²) >= 11 is 0. The summed E-state index contributed by atoms with van der Waals surface area (Å²) in [6.45, 7) is 3.68. The monoisotopic (exact) mass is 190 g/mol. The molecule has 0 atom stereocenters. The van der Waals surface area contributed by atoms with Crippen molar-refractivity contribution in [3.8, 4) is 5.69 Å². The SMILES string of the molecule is Cc1cn(-c2ccc(F)c(C)c2)cn1. The van der Waals surface area contributed by atoms with Gasteiger partial charge < -0.3 is 4.57 Å². The van der Waals surface area contributed by atoms with Crippen LogP contribution < -0.4 is 0 Å². The van der Waals surface area contributed by atoms with Gasteiger partial charge in [0.2, 0.25) is 0 Å². The standard InChI is InChI=1S/C11H11FN2/c1-8-5-10(3-4-11(8)12)14-6-9(2)13-7-14/h3-7H,1-2H3. The van der Waals surface area contributed by atoms with Gasteiger partial charge in [0.15, 0.2) is 0 Å². The Bertz CT molecular complexity index is 460. The largest absolute Gasteiger partial charge is 0.306 e. The lowest BCUT2D eigenvalue weighted by Crippen LogP contribution is -1.92. The summed E-state index contributed by atoms with van der Waals surface area (Å²) in [5.74, 6) is -0.175. The zero-order chi connectivity index (χ0) is 10.1. The van der Waals surface area contributed by atoms with Gasteiger partial charge >= 0.3 is 0 Å². The molecule has 0 amide bonds. The molecule has 1 heterocycles. The molecule has 3 heteroatoms. The molecular formula is C11H11FN2. The Kier molecular flexibility index (Phi) is 2.08. The average molecular weight is 190 g/mol. The fourth-order valence-electron chi connectivity index (χ4n) is 1.35. The minimum absolute atomic E-state index is 0.175. The van der Waals surface area contributed by atoms with Gasteiger partial charge in [-0.1, -0.05) is 0 Å². The van der Waals surface area contributed by atoms with Crippen molar-refractivity contribution in [2.75, 3.05) is 0 Å². The zero-order valence-corrected chi connectivity index (χ0v) is 8.16. The Labute approximate surface area is 82.0 Å². The first-order chi connectivity index (χ1) is 6.66. The molecule has 72 valence electrons. The van der Waals surface area contributed by atoms with Crippen LogP contribution in [0.15, 0.2) is 30.7 Å². The van der Waals surface area contributed by atoms with Gasteiger partial charge in [-0.25, -0.2) is 9.37 Å². The number of nitrogens with zero attached hydrogens (tertiary/aromatic N) is 2. The molecule has 14 heavy (non-hydrogen) atoms. The highest BCUT2D eigenvalue weighted by atomic mass is 19.1. The molecule has 0 aliphatic carbocycles. The van der Waals surface area contributed by atoms with Crippen molar-refractivity contribution >= 4 is 0 Å². The predicted molar refractivity (Wildman–Crippen MR) is 53.0 cm³/mol. The highest BCUT2D eigenvalue weighted by Gasteiger charge is 2.01. The molecule has 2 aromatic rings. The Balaban J connectivity index is 2.47. The van der Waals surface area contributed by atoms with Crippen LogP contribution in [-0.2, 0) is 0 Å². The van der Waals surface area contributed by atoms with E-state index in [1.807, 2.05) is 17.7 Å². The lowest BCUT2D eigenvalue weighted by Gasteiger charge is -2.03. The number of aryl methyl sites for hydroxylation is 2. The molecule has 0 radical (unpaired) electrons. The predicted octanol–water partition coefficient (Wildman–Crippen LogP) is 2.63. The van der Waals surface area contributed by atoms with Crippen molar-refractivity contribution in [2.45, 2.75) is 13.8 Å². The third-order valence-electron chi connectivity index (χ3n) is 2.15. The maximum absolute atomic E-state index is 13.0. The van der Waals surface area contributed by atoms with E-state index in [4.69, 9.17) is 0 Å². The summed E-state index contributed by atoms with van der Waals surface area (Å²) in [7, 11) is 0. The summed E-state index contributed by atoms with van der Waals surface area (Å²) in [5, 5.41) is 0. The Morgan fingerprint density at radius 3 is 2.64 bits per heavy atom. The minimum Gasteiger partial charge on any atom is -0.306 e. The van der Waals surface area contributed by atoms with Gasteiger partial charge in [0, 0.05) is 11.9 Å². The fraction of sp³-hybridized carbons (Fsp3) is 0.182. The van der Waals surface area contributed by atoms with Crippen molar-refractivity contribution in [3.05, 3.63) is 47.8 Å². The van der Waals surface area contributed by atoms with Gasteiger partial charge in [-0.05, 0) is 37.6 Å². The van der Waals surface area contributed by atoms with Crippen molar-refractivity contribution < 1.29 is 4.39 Å². The molecule has 0 bridgehead atoms. The van der Waals surface area contributed by atoms with Crippen LogP contribution in [0.5, 0.6) is 0 Å². The van der Waals surface area contributed by atoms with E-state index in [9.17, 15) is 4.39 Å². The van der Waals surface area contributed by atoms with E-state index < -0.39 is 0 Å². The van der Waals surface area contributed by atoms with E-state index in [1.54, 1.807) is 25.4 Å². The molecule has 0 spiro atoms. The molecule has 0 fully saturated rings. The summed E-state index contributed by atoms with van der Waals surface area (Å²) in [4.78, 5) is 4.11. The van der Waals surface area contributed by atoms with Crippen LogP contribution >= 0.6 is 0 Å². The third-order valence-corrected chi connectivity index (χ3v) is 2.15. The third kappa shape index (κ3) is 1.53. The highest BCUT2D eigenvalue weighted by molar-refractivity contribution is 5.36. The number of rotatable bonds is 1. The fourth-order valence-corrected chi connectivity index (χ4v) is 1.35. The average Bonchev–Trinajstić information content (AvgIpc) is 2.57. The molecular weight excluding hydrogens is 179 g/mol. The first kappa shape index (κ1) is 8.94. The lowest BCUT2D eigenvalue weighted by atomic mass is 10.2. The molecule has 2 nitrogen and oxygen atoms in total. The summed E-state index contributed by atoms with van der Waals surface area (Å²) < 4.78 is 14.9. The molecule has 0 aliphatic heterocycles. The molecule has 1 aromatic heterocycles. The van der Waals surface area contributed by atoms with Crippen molar-refractivity contribution in [3.63, 3.8) is 0 Å². The van der Waals surface area contributed by atoms with Gasteiger partial charge in [-0.2, -0.15) is 0 Å². The summed E-state index contributed by atoms with van der Waals surface area (Å²) in [5.41, 5.74) is 2.53. The van der Waals surface area contributed by atoms with Gasteiger partial charge in [-0.3, -0.25) is 0 Å². The lowest BCUT2D eigenvalue weighted by molar-refractivity contribution is 0.618. The van der Waals surface area contributed by atoms with Gasteiger partial charge in [0.1, 0.15) is 5.82 Å². The molecule has 0 saturated carbocycles. The van der Waals surface area contributed by atoms with Crippen LogP contribution in [0.2, 0.25) is 0 Å². The van der Waals surface area contributed by atoms with Gasteiger partial charge in [-0.15, -0.1) is 0 Å². The van der Waals surface area contributed by atoms with Crippen LogP contribution in [0.3, 0.4) is 0 Å². The van der Waals surface area contributed by atoms with E-state index >= 15 is 0 Å². The van der Waals surface area contributed by atoms with E-state index in [2.05, 4.69) is 4.98 Å². The number of benzene rings is 1. The van der Waals surface area contributed by atoms with E-state index in [0.717, 1.165) is 11.4 Å². The Morgan fingerprint density at radius 1 is 1.29 bits per heavy atom. The number of hydrogen-bond acceptors (Lipinski definition) is 1. The second kappa shape index (κ2) is 3.25. The van der Waals surface area contributed by atoms with Gasteiger partial charge in [0.05, 0.1) is 12.0 Å². The summed E-state index contributed by atoms with van der Waals surface area (Å²) in [6, 6.07) is 5.01. The number of halogens is 1. The molecule has 0 unspecified atom stereocenters. The van der Waals surface area contributed by atoms with Crippen molar-refractivity contribution in [2.24, 2.45) is 0 Å². The highest BCUT2D eigenvalue weighted by Crippen LogP contribution is 2.13. The maximum atomic E-state index is 13.0. The van der Waals surface area contributed by atoms with E-state index in [1.165, 1.54) is 6.07 Å².